The van der Waals surface area contributed by atoms with E-state index in [-0.39, 0.29) is 5.41 Å². The summed E-state index contributed by atoms with van der Waals surface area (Å²) >= 11 is 0. The van der Waals surface area contributed by atoms with Gasteiger partial charge >= 0.3 is 0 Å². The first-order chi connectivity index (χ1) is 13.3. The van der Waals surface area contributed by atoms with Gasteiger partial charge in [0.2, 0.25) is 0 Å². The third-order valence-electron chi connectivity index (χ3n) is 4.47. The zero-order valence-corrected chi connectivity index (χ0v) is 17.2. The highest BCUT2D eigenvalue weighted by atomic mass is 16.3. The van der Waals surface area contributed by atoms with Gasteiger partial charge in [-0.15, -0.1) is 0 Å². The summed E-state index contributed by atoms with van der Waals surface area (Å²) in [6.45, 7) is 10.1. The molecular formula is C23H30N4O. The summed E-state index contributed by atoms with van der Waals surface area (Å²) in [5.41, 5.74) is 3.88. The van der Waals surface area contributed by atoms with Crippen molar-refractivity contribution in [1.29, 1.82) is 5.26 Å². The van der Waals surface area contributed by atoms with E-state index < -0.39 is 6.10 Å². The highest BCUT2D eigenvalue weighted by Gasteiger charge is 2.14. The van der Waals surface area contributed by atoms with E-state index in [2.05, 4.69) is 54.6 Å². The molecule has 0 bridgehead atoms. The summed E-state index contributed by atoms with van der Waals surface area (Å²) in [5, 5.41) is 25.7. The summed E-state index contributed by atoms with van der Waals surface area (Å²) in [6.07, 6.45) is -0.618. The minimum absolute atomic E-state index is 0.0953. The molecule has 0 aliphatic carbocycles. The van der Waals surface area contributed by atoms with Gasteiger partial charge in [0.15, 0.2) is 5.96 Å². The molecule has 0 fully saturated rings. The van der Waals surface area contributed by atoms with Crippen molar-refractivity contribution in [3.05, 3.63) is 70.8 Å². The van der Waals surface area contributed by atoms with Crippen LogP contribution in [0.2, 0.25) is 0 Å². The molecule has 0 radical (unpaired) electrons. The molecule has 0 aliphatic rings. The highest BCUT2D eigenvalue weighted by Crippen LogP contribution is 2.23. The van der Waals surface area contributed by atoms with Crippen molar-refractivity contribution in [3.63, 3.8) is 0 Å². The molecule has 3 N–H and O–H groups in total. The number of benzene rings is 2. The first-order valence-corrected chi connectivity index (χ1v) is 9.63. The van der Waals surface area contributed by atoms with Crippen LogP contribution in [-0.4, -0.2) is 24.2 Å². The Morgan fingerprint density at radius 2 is 1.71 bits per heavy atom. The van der Waals surface area contributed by atoms with Gasteiger partial charge in [0.1, 0.15) is 0 Å². The van der Waals surface area contributed by atoms with Gasteiger partial charge in [-0.05, 0) is 41.2 Å². The number of nitrogens with one attached hydrogen (secondary N) is 2. The van der Waals surface area contributed by atoms with Crippen LogP contribution in [-0.2, 0) is 12.0 Å². The average molecular weight is 379 g/mol. The van der Waals surface area contributed by atoms with Crippen LogP contribution in [0.4, 0.5) is 0 Å². The van der Waals surface area contributed by atoms with E-state index >= 15 is 0 Å². The molecule has 5 heteroatoms. The number of hydrogen-bond donors (Lipinski definition) is 3. The van der Waals surface area contributed by atoms with E-state index in [9.17, 15) is 5.11 Å². The first-order valence-electron chi connectivity index (χ1n) is 9.63. The zero-order chi connectivity index (χ0) is 20.6. The third-order valence-corrected chi connectivity index (χ3v) is 4.47. The van der Waals surface area contributed by atoms with Crippen molar-refractivity contribution in [2.24, 2.45) is 4.99 Å². The number of nitrogens with zero attached hydrogens (tertiary/aromatic N) is 2. The lowest BCUT2D eigenvalue weighted by molar-refractivity contribution is 0.181. The number of guanidine groups is 1. The van der Waals surface area contributed by atoms with Crippen molar-refractivity contribution in [3.8, 4) is 6.07 Å². The molecule has 28 heavy (non-hydrogen) atoms. The van der Waals surface area contributed by atoms with E-state index in [0.29, 0.717) is 24.6 Å². The summed E-state index contributed by atoms with van der Waals surface area (Å²) in [6, 6.07) is 17.6. The molecule has 2 aromatic rings. The molecule has 1 unspecified atom stereocenters. The monoisotopic (exact) mass is 378 g/mol. The second-order valence-corrected chi connectivity index (χ2v) is 7.77. The molecule has 2 aromatic carbocycles. The van der Waals surface area contributed by atoms with Crippen LogP contribution >= 0.6 is 0 Å². The molecule has 2 rings (SSSR count). The summed E-state index contributed by atoms with van der Waals surface area (Å²) < 4.78 is 0. The number of nitriles is 1. The molecule has 0 amide bonds. The fourth-order valence-corrected chi connectivity index (χ4v) is 2.71. The summed E-state index contributed by atoms with van der Waals surface area (Å²) in [5.74, 6) is 0.650. The van der Waals surface area contributed by atoms with E-state index in [0.717, 1.165) is 17.7 Å². The Morgan fingerprint density at radius 1 is 1.07 bits per heavy atom. The average Bonchev–Trinajstić information content (AvgIpc) is 2.69. The lowest BCUT2D eigenvalue weighted by Gasteiger charge is -2.20. The molecule has 0 aliphatic heterocycles. The van der Waals surface area contributed by atoms with Crippen molar-refractivity contribution in [1.82, 2.24) is 10.6 Å². The number of aliphatic hydroxyl groups excluding tert-OH is 1. The van der Waals surface area contributed by atoms with Crippen LogP contribution in [0.15, 0.2) is 53.5 Å². The molecule has 0 spiro atoms. The number of rotatable bonds is 6. The van der Waals surface area contributed by atoms with Crippen molar-refractivity contribution in [2.75, 3.05) is 13.1 Å². The highest BCUT2D eigenvalue weighted by molar-refractivity contribution is 5.79. The molecular weight excluding hydrogens is 348 g/mol. The summed E-state index contributed by atoms with van der Waals surface area (Å²) in [4.78, 5) is 4.55. The normalized spacial score (nSPS) is 12.9. The quantitative estimate of drug-likeness (QED) is 0.529. The van der Waals surface area contributed by atoms with Gasteiger partial charge in [0.25, 0.3) is 0 Å². The van der Waals surface area contributed by atoms with E-state index in [4.69, 9.17) is 5.26 Å². The zero-order valence-electron chi connectivity index (χ0n) is 17.2. The molecule has 1 atom stereocenters. The smallest absolute Gasteiger partial charge is 0.191 e. The van der Waals surface area contributed by atoms with Gasteiger partial charge in [-0.1, -0.05) is 57.2 Å². The van der Waals surface area contributed by atoms with Gasteiger partial charge in [-0.3, -0.25) is 0 Å². The summed E-state index contributed by atoms with van der Waals surface area (Å²) in [7, 11) is 0. The van der Waals surface area contributed by atoms with Crippen molar-refractivity contribution >= 4 is 5.96 Å². The topological polar surface area (TPSA) is 80.4 Å². The molecule has 0 saturated carbocycles. The maximum absolute atomic E-state index is 10.5. The van der Waals surface area contributed by atoms with Gasteiger partial charge in [0, 0.05) is 13.1 Å². The SMILES string of the molecule is CCNC(=NCc1ccc(C#N)cc1)NCC(O)c1ccc(C(C)(C)C)cc1. The van der Waals surface area contributed by atoms with E-state index in [1.165, 1.54) is 5.56 Å². The standard InChI is InChI=1S/C23H30N4O/c1-5-25-22(26-15-18-8-6-17(14-24)7-9-18)27-16-21(28)19-10-12-20(13-11-19)23(2,3)4/h6-13,21,28H,5,15-16H2,1-4H3,(H2,25,26,27). The Balaban J connectivity index is 1.96. The molecule has 0 saturated heterocycles. The Kier molecular flexibility index (Phi) is 7.60. The van der Waals surface area contributed by atoms with Crippen molar-refractivity contribution in [2.45, 2.75) is 45.8 Å². The second kappa shape index (κ2) is 9.91. The number of aliphatic imine (C=N–C) groups is 1. The van der Waals surface area contributed by atoms with Crippen LogP contribution in [0.25, 0.3) is 0 Å². The lowest BCUT2D eigenvalue weighted by atomic mass is 9.86. The van der Waals surface area contributed by atoms with Gasteiger partial charge in [-0.25, -0.2) is 4.99 Å². The van der Waals surface area contributed by atoms with Crippen molar-refractivity contribution < 1.29 is 5.11 Å². The third kappa shape index (κ3) is 6.40. The molecule has 5 nitrogen and oxygen atoms in total. The van der Waals surface area contributed by atoms with Gasteiger partial charge in [0.05, 0.1) is 24.3 Å². The lowest BCUT2D eigenvalue weighted by Crippen LogP contribution is -2.39. The number of aliphatic hydroxyl groups is 1. The fourth-order valence-electron chi connectivity index (χ4n) is 2.71. The van der Waals surface area contributed by atoms with E-state index in [1.54, 1.807) is 12.1 Å². The van der Waals surface area contributed by atoms with Crippen LogP contribution in [0.1, 0.15) is 56.1 Å². The predicted octanol–water partition coefficient (Wildman–Crippen LogP) is 3.64. The van der Waals surface area contributed by atoms with E-state index in [1.807, 2.05) is 31.2 Å². The Hall–Kier alpha value is -2.84. The number of hydrogen-bond acceptors (Lipinski definition) is 3. The molecule has 0 aromatic heterocycles. The maximum Gasteiger partial charge on any atom is 0.191 e. The van der Waals surface area contributed by atoms with Gasteiger partial charge < -0.3 is 15.7 Å². The first kappa shape index (κ1) is 21.5. The predicted molar refractivity (Wildman–Crippen MR) is 114 cm³/mol. The minimum Gasteiger partial charge on any atom is -0.387 e. The van der Waals surface area contributed by atoms with Crippen LogP contribution in [0, 0.1) is 11.3 Å². The maximum atomic E-state index is 10.5. The molecule has 148 valence electrons. The van der Waals surface area contributed by atoms with Crippen LogP contribution < -0.4 is 10.6 Å². The molecule has 0 heterocycles. The Morgan fingerprint density at radius 3 is 2.25 bits per heavy atom. The Bertz CT molecular complexity index is 812. The van der Waals surface area contributed by atoms with Crippen LogP contribution in [0.3, 0.4) is 0 Å². The fraction of sp³-hybridized carbons (Fsp3) is 0.391. The Labute approximate surface area is 168 Å². The minimum atomic E-state index is -0.618. The van der Waals surface area contributed by atoms with Crippen LogP contribution in [0.5, 0.6) is 0 Å². The second-order valence-electron chi connectivity index (χ2n) is 7.77. The largest absolute Gasteiger partial charge is 0.387 e. The van der Waals surface area contributed by atoms with Gasteiger partial charge in [-0.2, -0.15) is 5.26 Å².